The lowest BCUT2D eigenvalue weighted by molar-refractivity contribution is 0.175. The van der Waals surface area contributed by atoms with Crippen molar-refractivity contribution in [1.82, 2.24) is 0 Å². The molecule has 132 valence electrons. The predicted molar refractivity (Wildman–Crippen MR) is 99.4 cm³/mol. The van der Waals surface area contributed by atoms with Gasteiger partial charge in [-0.05, 0) is 27.3 Å². The Hall–Kier alpha value is -2.67. The lowest BCUT2D eigenvalue weighted by atomic mass is 9.87. The second-order valence-corrected chi connectivity index (χ2v) is 7.94. The summed E-state index contributed by atoms with van der Waals surface area (Å²) in [7, 11) is -4.87. The highest BCUT2D eigenvalue weighted by Gasteiger charge is 2.47. The molecular formula is C20H16O5S. The molecule has 0 bridgehead atoms. The molecule has 0 saturated heterocycles. The SMILES string of the molecule is O=S(=O)(O)C1(O)CC=c2ccccc2=C1c1c(O)ccc2ccccc12. The third-order valence-corrected chi connectivity index (χ3v) is 6.03. The molecule has 1 unspecified atom stereocenters. The van der Waals surface area contributed by atoms with Crippen LogP contribution in [0.5, 0.6) is 5.75 Å². The van der Waals surface area contributed by atoms with Crippen molar-refractivity contribution in [3.8, 4) is 5.75 Å². The Balaban J connectivity index is 2.28. The molecular weight excluding hydrogens is 352 g/mol. The zero-order valence-corrected chi connectivity index (χ0v) is 14.4. The average molecular weight is 368 g/mol. The summed E-state index contributed by atoms with van der Waals surface area (Å²) in [6.45, 7) is 0. The Kier molecular flexibility index (Phi) is 3.66. The standard InChI is InChI=1S/C20H16O5S/c21-17-10-9-13-5-1-3-7-15(13)18(17)19-16-8-4-2-6-14(16)11-12-20(19,22)26(23,24)25/h1-11,21-22H,12H2,(H,23,24,25). The molecule has 0 radical (unpaired) electrons. The van der Waals surface area contributed by atoms with E-state index in [9.17, 15) is 23.2 Å². The van der Waals surface area contributed by atoms with Crippen molar-refractivity contribution in [2.45, 2.75) is 11.4 Å². The van der Waals surface area contributed by atoms with Crippen LogP contribution in [-0.4, -0.2) is 28.1 Å². The van der Waals surface area contributed by atoms with E-state index in [4.69, 9.17) is 0 Å². The van der Waals surface area contributed by atoms with Crippen molar-refractivity contribution in [2.75, 3.05) is 0 Å². The van der Waals surface area contributed by atoms with Crippen LogP contribution < -0.4 is 10.4 Å². The fraction of sp³-hybridized carbons (Fsp3) is 0.100. The van der Waals surface area contributed by atoms with E-state index in [1.54, 1.807) is 48.5 Å². The molecule has 26 heavy (non-hydrogen) atoms. The van der Waals surface area contributed by atoms with Crippen LogP contribution >= 0.6 is 0 Å². The van der Waals surface area contributed by atoms with Gasteiger partial charge in [-0.1, -0.05) is 60.7 Å². The van der Waals surface area contributed by atoms with Gasteiger partial charge in [-0.3, -0.25) is 4.55 Å². The Morgan fingerprint density at radius 1 is 0.923 bits per heavy atom. The zero-order valence-electron chi connectivity index (χ0n) is 13.6. The first-order valence-electron chi connectivity index (χ1n) is 8.03. The molecule has 1 aliphatic rings. The molecule has 0 amide bonds. The largest absolute Gasteiger partial charge is 0.507 e. The van der Waals surface area contributed by atoms with Gasteiger partial charge in [0.25, 0.3) is 10.1 Å². The van der Waals surface area contributed by atoms with Gasteiger partial charge in [-0.15, -0.1) is 0 Å². The van der Waals surface area contributed by atoms with Crippen LogP contribution in [0.2, 0.25) is 0 Å². The minimum Gasteiger partial charge on any atom is -0.507 e. The maximum atomic E-state index is 12.1. The number of rotatable bonds is 2. The molecule has 4 rings (SSSR count). The summed E-state index contributed by atoms with van der Waals surface area (Å²) in [5.41, 5.74) is 0.177. The first-order chi connectivity index (χ1) is 12.3. The zero-order chi connectivity index (χ0) is 18.5. The number of hydrogen-bond donors (Lipinski definition) is 3. The first-order valence-corrected chi connectivity index (χ1v) is 9.47. The van der Waals surface area contributed by atoms with Gasteiger partial charge in [0.1, 0.15) is 5.75 Å². The number of aliphatic hydroxyl groups is 1. The normalized spacial score (nSPS) is 19.8. The molecule has 5 nitrogen and oxygen atoms in total. The molecule has 0 saturated carbocycles. The predicted octanol–water partition coefficient (Wildman–Crippen LogP) is 1.50. The highest BCUT2D eigenvalue weighted by Crippen LogP contribution is 2.41. The summed E-state index contributed by atoms with van der Waals surface area (Å²) in [5, 5.41) is 24.1. The van der Waals surface area contributed by atoms with Crippen LogP contribution in [0.4, 0.5) is 0 Å². The molecule has 3 N–H and O–H groups in total. The summed E-state index contributed by atoms with van der Waals surface area (Å²) >= 11 is 0. The van der Waals surface area contributed by atoms with Crippen molar-refractivity contribution >= 4 is 32.5 Å². The molecule has 0 spiro atoms. The van der Waals surface area contributed by atoms with Crippen LogP contribution in [-0.2, 0) is 10.1 Å². The van der Waals surface area contributed by atoms with Gasteiger partial charge in [0.2, 0.25) is 4.93 Å². The Bertz CT molecular complexity index is 1260. The lowest BCUT2D eigenvalue weighted by Gasteiger charge is -2.30. The minimum atomic E-state index is -4.87. The van der Waals surface area contributed by atoms with Crippen molar-refractivity contribution in [1.29, 1.82) is 0 Å². The highest BCUT2D eigenvalue weighted by molar-refractivity contribution is 7.87. The number of fused-ring (bicyclic) bond motifs is 2. The van der Waals surface area contributed by atoms with Gasteiger partial charge in [-0.2, -0.15) is 8.42 Å². The third kappa shape index (κ3) is 2.34. The second-order valence-electron chi connectivity index (χ2n) is 6.31. The van der Waals surface area contributed by atoms with Crippen molar-refractivity contribution in [2.24, 2.45) is 0 Å². The topological polar surface area (TPSA) is 94.8 Å². The maximum Gasteiger partial charge on any atom is 0.299 e. The molecule has 1 atom stereocenters. The lowest BCUT2D eigenvalue weighted by Crippen LogP contribution is -2.48. The monoisotopic (exact) mass is 368 g/mol. The molecule has 1 aliphatic carbocycles. The number of aromatic hydroxyl groups is 1. The van der Waals surface area contributed by atoms with E-state index in [1.165, 1.54) is 6.07 Å². The van der Waals surface area contributed by atoms with Crippen molar-refractivity contribution < 1.29 is 23.2 Å². The fourth-order valence-electron chi connectivity index (χ4n) is 3.55. The second kappa shape index (κ2) is 5.67. The smallest absolute Gasteiger partial charge is 0.299 e. The molecule has 0 heterocycles. The average Bonchev–Trinajstić information content (AvgIpc) is 2.62. The molecule has 3 aromatic carbocycles. The maximum absolute atomic E-state index is 12.1. The number of phenolic OH excluding ortho intramolecular Hbond substituents is 1. The first kappa shape index (κ1) is 16.8. The Morgan fingerprint density at radius 3 is 2.38 bits per heavy atom. The van der Waals surface area contributed by atoms with Gasteiger partial charge in [0.15, 0.2) is 0 Å². The van der Waals surface area contributed by atoms with E-state index in [0.29, 0.717) is 10.6 Å². The van der Waals surface area contributed by atoms with Crippen LogP contribution in [0, 0.1) is 0 Å². The summed E-state index contributed by atoms with van der Waals surface area (Å²) in [4.78, 5) is -2.55. The summed E-state index contributed by atoms with van der Waals surface area (Å²) in [6, 6.07) is 17.3. The molecule has 0 aromatic heterocycles. The molecule has 0 fully saturated rings. The van der Waals surface area contributed by atoms with E-state index >= 15 is 0 Å². The van der Waals surface area contributed by atoms with Crippen molar-refractivity contribution in [3.63, 3.8) is 0 Å². The van der Waals surface area contributed by atoms with Gasteiger partial charge >= 0.3 is 0 Å². The van der Waals surface area contributed by atoms with Gasteiger partial charge in [-0.25, -0.2) is 0 Å². The molecule has 3 aromatic rings. The molecule has 6 heteroatoms. The number of phenols is 1. The van der Waals surface area contributed by atoms with Crippen molar-refractivity contribution in [3.05, 3.63) is 76.7 Å². The van der Waals surface area contributed by atoms with E-state index in [1.807, 2.05) is 12.1 Å². The summed E-state index contributed by atoms with van der Waals surface area (Å²) in [6.07, 6.45) is 1.25. The summed E-state index contributed by atoms with van der Waals surface area (Å²) in [5.74, 6) is -0.169. The van der Waals surface area contributed by atoms with Gasteiger partial charge in [0.05, 0.1) is 0 Å². The van der Waals surface area contributed by atoms with E-state index < -0.39 is 15.1 Å². The van der Waals surface area contributed by atoms with Crippen LogP contribution in [0.1, 0.15) is 12.0 Å². The fourth-order valence-corrected chi connectivity index (χ4v) is 4.31. The quantitative estimate of drug-likeness (QED) is 0.596. The number of hydrogen-bond acceptors (Lipinski definition) is 4. The molecule has 0 aliphatic heterocycles. The van der Waals surface area contributed by atoms with Gasteiger partial charge in [0, 0.05) is 17.6 Å². The Labute approximate surface area is 149 Å². The third-order valence-electron chi connectivity index (χ3n) is 4.80. The summed E-state index contributed by atoms with van der Waals surface area (Å²) < 4.78 is 34.1. The van der Waals surface area contributed by atoms with Crippen LogP contribution in [0.25, 0.3) is 22.4 Å². The van der Waals surface area contributed by atoms with Crippen LogP contribution in [0.15, 0.2) is 60.7 Å². The van der Waals surface area contributed by atoms with Gasteiger partial charge < -0.3 is 10.2 Å². The minimum absolute atomic E-state index is 0.0209. The van der Waals surface area contributed by atoms with Crippen LogP contribution in [0.3, 0.4) is 0 Å². The number of benzene rings is 3. The van der Waals surface area contributed by atoms with E-state index in [-0.39, 0.29) is 23.3 Å². The van der Waals surface area contributed by atoms with E-state index in [2.05, 4.69) is 0 Å². The Morgan fingerprint density at radius 2 is 1.62 bits per heavy atom. The highest BCUT2D eigenvalue weighted by atomic mass is 32.2. The van der Waals surface area contributed by atoms with E-state index in [0.717, 1.165) is 10.6 Å².